The van der Waals surface area contributed by atoms with E-state index < -0.39 is 0 Å². The van der Waals surface area contributed by atoms with Crippen molar-refractivity contribution >= 4 is 65.7 Å². The Morgan fingerprint density at radius 2 is 0.693 bits per heavy atom. The van der Waals surface area contributed by atoms with Crippen LogP contribution in [-0.4, -0.2) is 19.5 Å². The first kappa shape index (κ1) is 42.5. The third-order valence-electron chi connectivity index (χ3n) is 14.7. The molecule has 0 aliphatic rings. The van der Waals surface area contributed by atoms with E-state index in [9.17, 15) is 0 Å². The maximum absolute atomic E-state index is 7.22. The van der Waals surface area contributed by atoms with Crippen LogP contribution >= 0.6 is 0 Å². The van der Waals surface area contributed by atoms with Crippen molar-refractivity contribution in [1.29, 1.82) is 0 Å². The smallest absolute Gasteiger partial charge is 0.164 e. The minimum absolute atomic E-state index is 0.572. The van der Waals surface area contributed by atoms with E-state index in [-0.39, 0.29) is 0 Å². The van der Waals surface area contributed by atoms with Gasteiger partial charge < -0.3 is 13.4 Å². The molecule has 4 heterocycles. The van der Waals surface area contributed by atoms with Gasteiger partial charge in [0.15, 0.2) is 17.5 Å². The van der Waals surface area contributed by atoms with Gasteiger partial charge in [-0.05, 0) is 81.9 Å². The molecular formula is C69H42N4O2. The molecule has 0 saturated carbocycles. The predicted molar refractivity (Wildman–Crippen MR) is 307 cm³/mol. The summed E-state index contributed by atoms with van der Waals surface area (Å²) in [4.78, 5) is 15.7. The molecule has 6 heteroatoms. The summed E-state index contributed by atoms with van der Waals surface area (Å²) in [5.74, 6) is 1.77. The molecule has 6 nitrogen and oxygen atoms in total. The molecule has 0 unspecified atom stereocenters. The van der Waals surface area contributed by atoms with E-state index in [1.165, 1.54) is 0 Å². The summed E-state index contributed by atoms with van der Waals surface area (Å²) >= 11 is 0. The van der Waals surface area contributed by atoms with Crippen molar-refractivity contribution in [2.24, 2.45) is 0 Å². The van der Waals surface area contributed by atoms with Crippen LogP contribution in [0.15, 0.2) is 264 Å². The minimum Gasteiger partial charge on any atom is -0.456 e. The van der Waals surface area contributed by atoms with Crippen molar-refractivity contribution in [2.75, 3.05) is 0 Å². The van der Waals surface area contributed by atoms with E-state index >= 15 is 0 Å². The molecule has 350 valence electrons. The SMILES string of the molecule is c1ccc(-c2ccc(-c3cc(-c4nc(-c5ccccc5)nc(-c5ccccc5)n4)cc(-c4ccc(-c5ccccc5)cc4)c3-n3c4ccccc4c4c5oc6c(ccc7oc8ccccc8c76)c5ccc43)cc2)cc1. The molecule has 11 aromatic carbocycles. The fraction of sp³-hybridized carbons (Fsp3) is 0. The van der Waals surface area contributed by atoms with Crippen LogP contribution in [0.1, 0.15) is 0 Å². The number of hydrogen-bond donors (Lipinski definition) is 0. The summed E-state index contributed by atoms with van der Waals surface area (Å²) in [5, 5.41) is 6.24. The van der Waals surface area contributed by atoms with Crippen molar-refractivity contribution in [3.05, 3.63) is 255 Å². The Bertz CT molecular complexity index is 4500. The average Bonchev–Trinajstić information content (AvgIpc) is 4.18. The summed E-state index contributed by atoms with van der Waals surface area (Å²) in [6.45, 7) is 0. The molecule has 0 bridgehead atoms. The lowest BCUT2D eigenvalue weighted by Crippen LogP contribution is -2.04. The van der Waals surface area contributed by atoms with Gasteiger partial charge in [0.2, 0.25) is 0 Å². The van der Waals surface area contributed by atoms with E-state index in [1.54, 1.807) is 0 Å². The van der Waals surface area contributed by atoms with Crippen LogP contribution in [0.2, 0.25) is 0 Å². The fourth-order valence-corrected chi connectivity index (χ4v) is 11.1. The van der Waals surface area contributed by atoms with Gasteiger partial charge in [0.25, 0.3) is 0 Å². The zero-order valence-electron chi connectivity index (χ0n) is 40.4. The number of furan rings is 2. The summed E-state index contributed by atoms with van der Waals surface area (Å²) in [6, 6.07) is 89.5. The van der Waals surface area contributed by atoms with Gasteiger partial charge in [-0.25, -0.2) is 15.0 Å². The topological polar surface area (TPSA) is 69.9 Å². The van der Waals surface area contributed by atoms with E-state index in [0.29, 0.717) is 17.5 Å². The van der Waals surface area contributed by atoms with Crippen molar-refractivity contribution in [3.63, 3.8) is 0 Å². The summed E-state index contributed by atoms with van der Waals surface area (Å²) in [6.07, 6.45) is 0. The Morgan fingerprint density at radius 1 is 0.267 bits per heavy atom. The van der Waals surface area contributed by atoms with Crippen molar-refractivity contribution in [3.8, 4) is 84.4 Å². The molecule has 75 heavy (non-hydrogen) atoms. The van der Waals surface area contributed by atoms with Gasteiger partial charge in [-0.15, -0.1) is 0 Å². The van der Waals surface area contributed by atoms with Gasteiger partial charge in [-0.3, -0.25) is 0 Å². The third-order valence-corrected chi connectivity index (χ3v) is 14.7. The number of hydrogen-bond acceptors (Lipinski definition) is 5. The Balaban J connectivity index is 1.05. The highest BCUT2D eigenvalue weighted by Gasteiger charge is 2.26. The molecular weight excluding hydrogens is 917 g/mol. The first-order chi connectivity index (χ1) is 37.2. The van der Waals surface area contributed by atoms with Crippen LogP contribution in [-0.2, 0) is 0 Å². The van der Waals surface area contributed by atoms with E-state index in [0.717, 1.165) is 133 Å². The van der Waals surface area contributed by atoms with Crippen LogP contribution in [0.25, 0.3) is 150 Å². The van der Waals surface area contributed by atoms with Crippen LogP contribution in [0.4, 0.5) is 0 Å². The van der Waals surface area contributed by atoms with E-state index in [2.05, 4.69) is 211 Å². The summed E-state index contributed by atoms with van der Waals surface area (Å²) < 4.78 is 16.0. The summed E-state index contributed by atoms with van der Waals surface area (Å²) in [7, 11) is 0. The monoisotopic (exact) mass is 958 g/mol. The number of nitrogens with zero attached hydrogens (tertiary/aromatic N) is 4. The lowest BCUT2D eigenvalue weighted by Gasteiger charge is -2.21. The highest BCUT2D eigenvalue weighted by molar-refractivity contribution is 6.28. The van der Waals surface area contributed by atoms with Gasteiger partial charge in [0.1, 0.15) is 22.3 Å². The number of aromatic nitrogens is 4. The molecule has 0 aliphatic heterocycles. The lowest BCUT2D eigenvalue weighted by molar-refractivity contribution is 0.664. The van der Waals surface area contributed by atoms with Gasteiger partial charge in [-0.1, -0.05) is 206 Å². The molecule has 0 radical (unpaired) electrons. The highest BCUT2D eigenvalue weighted by atomic mass is 16.3. The maximum Gasteiger partial charge on any atom is 0.164 e. The third kappa shape index (κ3) is 7.07. The first-order valence-electron chi connectivity index (χ1n) is 25.2. The van der Waals surface area contributed by atoms with Crippen LogP contribution < -0.4 is 0 Å². The number of para-hydroxylation sites is 2. The molecule has 0 aliphatic carbocycles. The largest absolute Gasteiger partial charge is 0.456 e. The van der Waals surface area contributed by atoms with Gasteiger partial charge in [-0.2, -0.15) is 0 Å². The van der Waals surface area contributed by atoms with Crippen molar-refractivity contribution in [1.82, 2.24) is 19.5 Å². The molecule has 0 fully saturated rings. The molecule has 15 aromatic rings. The van der Waals surface area contributed by atoms with Gasteiger partial charge >= 0.3 is 0 Å². The molecule has 0 saturated heterocycles. The van der Waals surface area contributed by atoms with Crippen molar-refractivity contribution < 1.29 is 8.83 Å². The Kier molecular flexibility index (Phi) is 9.78. The standard InChI is InChI=1S/C69H42N4O2/c1-5-17-43(18-6-1)45-29-33-47(34-30-45)56-41-51(69-71-67(49-21-9-3-10-22-49)70-68(72-69)50-23-11-4-12-24-50)42-57(48-35-31-46(32-36-48)44-19-7-2-8-20-44)64(56)73-58-27-15-13-25-54(58)62-59(73)39-37-52-53-38-40-61-63(66(53)75-65(52)62)55-26-14-16-28-60(55)74-61/h1-42H. The maximum atomic E-state index is 7.22. The quantitative estimate of drug-likeness (QED) is 0.152. The number of fused-ring (bicyclic) bond motifs is 11. The second kappa shape index (κ2) is 17.3. The lowest BCUT2D eigenvalue weighted by atomic mass is 9.91. The zero-order chi connectivity index (χ0) is 49.4. The molecule has 4 aromatic heterocycles. The summed E-state index contributed by atoms with van der Waals surface area (Å²) in [5.41, 5.74) is 17.7. The Labute approximate surface area is 431 Å². The number of rotatable bonds is 8. The molecule has 0 amide bonds. The van der Waals surface area contributed by atoms with Crippen LogP contribution in [0, 0.1) is 0 Å². The van der Waals surface area contributed by atoms with Crippen LogP contribution in [0.3, 0.4) is 0 Å². The Morgan fingerprint density at radius 3 is 1.25 bits per heavy atom. The molecule has 0 spiro atoms. The second-order valence-corrected chi connectivity index (χ2v) is 19.0. The van der Waals surface area contributed by atoms with E-state index in [4.69, 9.17) is 23.8 Å². The first-order valence-corrected chi connectivity index (χ1v) is 25.2. The molecule has 15 rings (SSSR count). The normalized spacial score (nSPS) is 11.7. The molecule has 0 N–H and O–H groups in total. The zero-order valence-corrected chi connectivity index (χ0v) is 40.4. The van der Waals surface area contributed by atoms with Gasteiger partial charge in [0.05, 0.1) is 27.5 Å². The predicted octanol–water partition coefficient (Wildman–Crippen LogP) is 18.4. The fourth-order valence-electron chi connectivity index (χ4n) is 11.1. The van der Waals surface area contributed by atoms with Gasteiger partial charge in [0, 0.05) is 49.4 Å². The average molecular weight is 959 g/mol. The molecule has 0 atom stereocenters. The van der Waals surface area contributed by atoms with E-state index in [1.807, 2.05) is 48.5 Å². The van der Waals surface area contributed by atoms with Crippen molar-refractivity contribution in [2.45, 2.75) is 0 Å². The van der Waals surface area contributed by atoms with Crippen LogP contribution in [0.5, 0.6) is 0 Å². The highest BCUT2D eigenvalue weighted by Crippen LogP contribution is 2.48. The Hall–Kier alpha value is -10.2. The second-order valence-electron chi connectivity index (χ2n) is 19.0. The number of benzene rings is 11. The minimum atomic E-state index is 0.572.